The Morgan fingerprint density at radius 2 is 2.05 bits per heavy atom. The van der Waals surface area contributed by atoms with Crippen LogP contribution in [-0.4, -0.2) is 15.5 Å². The fourth-order valence-corrected chi connectivity index (χ4v) is 4.13. The zero-order valence-corrected chi connectivity index (χ0v) is 12.9. The molecule has 0 unspecified atom stereocenters. The number of thiophene rings is 1. The number of anilines is 1. The van der Waals surface area contributed by atoms with E-state index in [2.05, 4.69) is 10.0 Å². The second-order valence-electron chi connectivity index (χ2n) is 3.98. The van der Waals surface area contributed by atoms with Gasteiger partial charge in [0.2, 0.25) is 0 Å². The summed E-state index contributed by atoms with van der Waals surface area (Å²) in [7, 11) is -2.02. The van der Waals surface area contributed by atoms with Gasteiger partial charge in [0.15, 0.2) is 0 Å². The van der Waals surface area contributed by atoms with Gasteiger partial charge < -0.3 is 5.32 Å². The van der Waals surface area contributed by atoms with Crippen LogP contribution in [0.5, 0.6) is 0 Å². The first-order valence-corrected chi connectivity index (χ1v) is 8.31. The van der Waals surface area contributed by atoms with Gasteiger partial charge in [0.25, 0.3) is 10.0 Å². The van der Waals surface area contributed by atoms with Gasteiger partial charge in [-0.2, -0.15) is 0 Å². The standard InChI is InChI=1S/C12H12ClFN2O2S2/c1-15-7-9-3-5-12(19-9)20(17,18)16-11-4-2-8(13)6-10(11)14/h2-6,15-16H,7H2,1H3. The van der Waals surface area contributed by atoms with Gasteiger partial charge in [-0.05, 0) is 37.4 Å². The summed E-state index contributed by atoms with van der Waals surface area (Å²) in [5, 5.41) is 3.14. The minimum absolute atomic E-state index is 0.127. The lowest BCUT2D eigenvalue weighted by molar-refractivity contribution is 0.600. The van der Waals surface area contributed by atoms with Crippen LogP contribution in [0.2, 0.25) is 5.02 Å². The highest BCUT2D eigenvalue weighted by molar-refractivity contribution is 7.94. The van der Waals surface area contributed by atoms with Crippen molar-refractivity contribution in [1.82, 2.24) is 5.32 Å². The normalized spacial score (nSPS) is 11.6. The summed E-state index contributed by atoms with van der Waals surface area (Å²) in [5.74, 6) is -0.715. The van der Waals surface area contributed by atoms with Crippen LogP contribution in [0.15, 0.2) is 34.5 Å². The summed E-state index contributed by atoms with van der Waals surface area (Å²) in [5.41, 5.74) is -0.127. The molecule has 0 bridgehead atoms. The summed E-state index contributed by atoms with van der Waals surface area (Å²) in [6.45, 7) is 0.579. The summed E-state index contributed by atoms with van der Waals surface area (Å²) >= 11 is 6.75. The largest absolute Gasteiger partial charge is 0.315 e. The fraction of sp³-hybridized carbons (Fsp3) is 0.167. The quantitative estimate of drug-likeness (QED) is 0.883. The predicted molar refractivity (Wildman–Crippen MR) is 79.3 cm³/mol. The van der Waals surface area contributed by atoms with E-state index in [0.717, 1.165) is 22.3 Å². The van der Waals surface area contributed by atoms with Gasteiger partial charge in [-0.3, -0.25) is 4.72 Å². The number of hydrogen-bond donors (Lipinski definition) is 2. The number of benzene rings is 1. The van der Waals surface area contributed by atoms with Crippen LogP contribution in [0.3, 0.4) is 0 Å². The average molecular weight is 335 g/mol. The molecule has 8 heteroatoms. The van der Waals surface area contributed by atoms with Crippen molar-refractivity contribution in [2.45, 2.75) is 10.8 Å². The maximum absolute atomic E-state index is 13.6. The van der Waals surface area contributed by atoms with Gasteiger partial charge in [-0.1, -0.05) is 11.6 Å². The topological polar surface area (TPSA) is 58.2 Å². The lowest BCUT2D eigenvalue weighted by atomic mass is 10.3. The summed E-state index contributed by atoms with van der Waals surface area (Å²) in [4.78, 5) is 0.879. The van der Waals surface area contributed by atoms with Gasteiger partial charge in [-0.25, -0.2) is 12.8 Å². The maximum atomic E-state index is 13.6. The highest BCUT2D eigenvalue weighted by Gasteiger charge is 2.18. The molecule has 0 fully saturated rings. The number of halogens is 2. The molecule has 2 N–H and O–H groups in total. The second kappa shape index (κ2) is 6.09. The Bertz CT molecular complexity index is 716. The van der Waals surface area contributed by atoms with E-state index in [9.17, 15) is 12.8 Å². The summed E-state index contributed by atoms with van der Waals surface area (Å²) in [6.07, 6.45) is 0. The van der Waals surface area contributed by atoms with Crippen molar-refractivity contribution in [3.63, 3.8) is 0 Å². The first-order chi connectivity index (χ1) is 9.42. The van der Waals surface area contributed by atoms with Crippen molar-refractivity contribution >= 4 is 38.6 Å². The molecule has 0 radical (unpaired) electrons. The van der Waals surface area contributed by atoms with E-state index in [1.54, 1.807) is 13.1 Å². The molecular weight excluding hydrogens is 323 g/mol. The summed E-state index contributed by atoms with van der Waals surface area (Å²) < 4.78 is 40.2. The predicted octanol–water partition coefficient (Wildman–Crippen LogP) is 3.06. The van der Waals surface area contributed by atoms with Crippen LogP contribution in [0, 0.1) is 5.82 Å². The Morgan fingerprint density at radius 1 is 1.30 bits per heavy atom. The molecule has 0 spiro atoms. The Kier molecular flexibility index (Phi) is 4.64. The van der Waals surface area contributed by atoms with E-state index < -0.39 is 15.8 Å². The van der Waals surface area contributed by atoms with Crippen molar-refractivity contribution in [3.8, 4) is 0 Å². The second-order valence-corrected chi connectivity index (χ2v) is 7.49. The molecule has 0 aliphatic rings. The molecule has 0 aliphatic heterocycles. The number of hydrogen-bond acceptors (Lipinski definition) is 4. The zero-order chi connectivity index (χ0) is 14.8. The SMILES string of the molecule is CNCc1ccc(S(=O)(=O)Nc2ccc(Cl)cc2F)s1. The van der Waals surface area contributed by atoms with Crippen LogP contribution < -0.4 is 10.0 Å². The molecule has 1 heterocycles. The third-order valence-corrected chi connectivity index (χ3v) is 5.61. The number of nitrogens with one attached hydrogen (secondary N) is 2. The maximum Gasteiger partial charge on any atom is 0.271 e. The van der Waals surface area contributed by atoms with E-state index in [4.69, 9.17) is 11.6 Å². The molecule has 20 heavy (non-hydrogen) atoms. The first-order valence-electron chi connectivity index (χ1n) is 5.63. The lowest BCUT2D eigenvalue weighted by Gasteiger charge is -2.07. The van der Waals surface area contributed by atoms with Crippen LogP contribution in [0.25, 0.3) is 0 Å². The molecule has 1 aromatic heterocycles. The van der Waals surface area contributed by atoms with Crippen molar-refractivity contribution in [2.24, 2.45) is 0 Å². The Balaban J connectivity index is 2.26. The minimum atomic E-state index is -3.79. The lowest BCUT2D eigenvalue weighted by Crippen LogP contribution is -2.12. The van der Waals surface area contributed by atoms with Gasteiger partial charge in [0.05, 0.1) is 5.69 Å². The highest BCUT2D eigenvalue weighted by atomic mass is 35.5. The molecule has 0 atom stereocenters. The van der Waals surface area contributed by atoms with Crippen LogP contribution in [-0.2, 0) is 16.6 Å². The van der Waals surface area contributed by atoms with E-state index in [1.807, 2.05) is 0 Å². The number of sulfonamides is 1. The van der Waals surface area contributed by atoms with Gasteiger partial charge in [0, 0.05) is 16.4 Å². The molecular formula is C12H12ClFN2O2S2. The summed E-state index contributed by atoms with van der Waals surface area (Å²) in [6, 6.07) is 6.97. The van der Waals surface area contributed by atoms with Gasteiger partial charge in [-0.15, -0.1) is 11.3 Å². The smallest absolute Gasteiger partial charge is 0.271 e. The fourth-order valence-electron chi connectivity index (χ4n) is 1.54. The molecule has 0 saturated heterocycles. The first kappa shape index (κ1) is 15.2. The van der Waals surface area contributed by atoms with E-state index >= 15 is 0 Å². The Hall–Kier alpha value is -1.15. The highest BCUT2D eigenvalue weighted by Crippen LogP contribution is 2.26. The van der Waals surface area contributed by atoms with E-state index in [0.29, 0.717) is 6.54 Å². The van der Waals surface area contributed by atoms with Crippen molar-refractivity contribution in [3.05, 3.63) is 46.0 Å². The minimum Gasteiger partial charge on any atom is -0.315 e. The van der Waals surface area contributed by atoms with E-state index in [1.165, 1.54) is 18.2 Å². The third kappa shape index (κ3) is 3.49. The van der Waals surface area contributed by atoms with Crippen LogP contribution >= 0.6 is 22.9 Å². The molecule has 108 valence electrons. The Labute approximate surface area is 125 Å². The number of rotatable bonds is 5. The van der Waals surface area contributed by atoms with Crippen LogP contribution in [0.4, 0.5) is 10.1 Å². The zero-order valence-electron chi connectivity index (χ0n) is 10.5. The van der Waals surface area contributed by atoms with Crippen molar-refractivity contribution in [2.75, 3.05) is 11.8 Å². The van der Waals surface area contributed by atoms with Crippen molar-refractivity contribution in [1.29, 1.82) is 0 Å². The van der Waals surface area contributed by atoms with E-state index in [-0.39, 0.29) is 14.9 Å². The molecule has 2 aromatic rings. The molecule has 2 rings (SSSR count). The molecule has 0 aliphatic carbocycles. The molecule has 1 aromatic carbocycles. The monoisotopic (exact) mass is 334 g/mol. The molecule has 0 amide bonds. The van der Waals surface area contributed by atoms with Gasteiger partial charge >= 0.3 is 0 Å². The molecule has 4 nitrogen and oxygen atoms in total. The van der Waals surface area contributed by atoms with Crippen molar-refractivity contribution < 1.29 is 12.8 Å². The van der Waals surface area contributed by atoms with Gasteiger partial charge in [0.1, 0.15) is 10.0 Å². The average Bonchev–Trinajstić information content (AvgIpc) is 2.83. The third-order valence-electron chi connectivity index (χ3n) is 2.43. The Morgan fingerprint density at radius 3 is 2.70 bits per heavy atom. The molecule has 0 saturated carbocycles. The van der Waals surface area contributed by atoms with Crippen LogP contribution in [0.1, 0.15) is 4.88 Å².